The van der Waals surface area contributed by atoms with Gasteiger partial charge in [0.05, 0.1) is 9.52 Å². The van der Waals surface area contributed by atoms with Crippen molar-refractivity contribution in [3.05, 3.63) is 230 Å². The fourth-order valence-electron chi connectivity index (χ4n) is 8.75. The van der Waals surface area contributed by atoms with Crippen LogP contribution in [0.25, 0.3) is 77.2 Å². The fourth-order valence-corrected chi connectivity index (χ4v) is 10.1. The Morgan fingerprint density at radius 2 is 0.844 bits per heavy atom. The van der Waals surface area contributed by atoms with E-state index in [0.29, 0.717) is 11.8 Å². The quantitative estimate of drug-likeness (QED) is 0.115. The Labute approximate surface area is 400 Å². The van der Waals surface area contributed by atoms with Crippen molar-refractivity contribution in [1.29, 1.82) is 0 Å². The molecule has 0 aliphatic carbocycles. The largest absolute Gasteiger partial charge is 0.184 e. The van der Waals surface area contributed by atoms with Crippen LogP contribution in [0.1, 0.15) is 50.7 Å². The monoisotopic (exact) mass is 957 g/mol. The van der Waals surface area contributed by atoms with Crippen LogP contribution in [0.5, 0.6) is 0 Å². The summed E-state index contributed by atoms with van der Waals surface area (Å²) in [7, 11) is 10.7. The zero-order valence-electron chi connectivity index (χ0n) is 36.6. The van der Waals surface area contributed by atoms with Gasteiger partial charge in [-0.3, -0.25) is 0 Å². The van der Waals surface area contributed by atoms with Crippen LogP contribution in [0.3, 0.4) is 0 Å². The molecule has 0 bridgehead atoms. The molecule has 0 saturated heterocycles. The molecule has 1 aliphatic rings. The van der Waals surface area contributed by atoms with Crippen LogP contribution < -0.4 is 10.4 Å². The van der Waals surface area contributed by atoms with Crippen LogP contribution >= 0.6 is 17.0 Å². The van der Waals surface area contributed by atoms with E-state index in [2.05, 4.69) is 240 Å². The van der Waals surface area contributed by atoms with Crippen molar-refractivity contribution in [1.82, 2.24) is 0 Å². The second-order valence-electron chi connectivity index (χ2n) is 16.5. The molecule has 2 radical (unpaired) electrons. The average Bonchev–Trinajstić information content (AvgIpc) is 4.09. The summed E-state index contributed by atoms with van der Waals surface area (Å²) in [6.45, 7) is 9.05. The van der Waals surface area contributed by atoms with E-state index in [-0.39, 0.29) is 0 Å². The first kappa shape index (κ1) is 45.2. The molecule has 0 unspecified atom stereocenters. The van der Waals surface area contributed by atoms with E-state index >= 15 is 0 Å². The normalized spacial score (nSPS) is 11.2. The zero-order chi connectivity index (χ0) is 44.4. The average molecular weight is 960 g/mol. The minimum atomic E-state index is -0.826. The van der Waals surface area contributed by atoms with E-state index in [0.717, 1.165) is 9.52 Å². The minimum absolute atomic E-state index is 0.514. The van der Waals surface area contributed by atoms with Crippen LogP contribution in [0, 0.1) is 6.07 Å². The van der Waals surface area contributed by atoms with Crippen LogP contribution in [0.15, 0.2) is 212 Å². The van der Waals surface area contributed by atoms with Crippen molar-refractivity contribution >= 4 is 58.5 Å². The Bertz CT molecular complexity index is 2880. The molecule has 0 N–H and O–H groups in total. The molecule has 4 heteroatoms. The van der Waals surface area contributed by atoms with Crippen molar-refractivity contribution in [3.63, 3.8) is 0 Å². The Morgan fingerprint density at radius 3 is 1.33 bits per heavy atom. The van der Waals surface area contributed by atoms with Gasteiger partial charge < -0.3 is 0 Å². The maximum Gasteiger partial charge on any atom is 0.0920 e. The van der Waals surface area contributed by atoms with E-state index in [1.54, 1.807) is 0 Å². The van der Waals surface area contributed by atoms with Gasteiger partial charge in [-0.05, 0) is 34.1 Å². The van der Waals surface area contributed by atoms with Crippen molar-refractivity contribution in [2.45, 2.75) is 39.5 Å². The first-order chi connectivity index (χ1) is 31.3. The van der Waals surface area contributed by atoms with Gasteiger partial charge >= 0.3 is 37.9 Å². The number of fused-ring (bicyclic) bond motifs is 5. The van der Waals surface area contributed by atoms with Crippen LogP contribution in [-0.4, -0.2) is 9.52 Å². The minimum Gasteiger partial charge on any atom is -0.184 e. The second-order valence-corrected chi connectivity index (χ2v) is 21.5. The van der Waals surface area contributed by atoms with Crippen LogP contribution in [-0.2, 0) is 20.8 Å². The van der Waals surface area contributed by atoms with Gasteiger partial charge in [-0.15, -0.1) is 74.6 Å². The maximum atomic E-state index is 4.93. The van der Waals surface area contributed by atoms with Crippen molar-refractivity contribution in [2.75, 3.05) is 0 Å². The number of hydrogen-bond donors (Lipinski definition) is 0. The van der Waals surface area contributed by atoms with Crippen molar-refractivity contribution in [3.8, 4) is 55.6 Å². The molecule has 0 amide bonds. The zero-order valence-corrected chi connectivity index (χ0v) is 41.6. The van der Waals surface area contributed by atoms with Gasteiger partial charge in [-0.1, -0.05) is 218 Å². The van der Waals surface area contributed by atoms with E-state index < -0.39 is 20.8 Å². The molecular weight excluding hydrogens is 911 g/mol. The van der Waals surface area contributed by atoms with Gasteiger partial charge in [0.1, 0.15) is 0 Å². The third kappa shape index (κ3) is 10.3. The van der Waals surface area contributed by atoms with Gasteiger partial charge in [0.2, 0.25) is 0 Å². The molecule has 0 fully saturated rings. The predicted octanol–water partition coefficient (Wildman–Crippen LogP) is 16.5. The molecule has 11 rings (SSSR count). The molecular formula is C60H49Cl2SiZr-3. The Morgan fingerprint density at radius 1 is 0.438 bits per heavy atom. The summed E-state index contributed by atoms with van der Waals surface area (Å²) in [5.41, 5.74) is 16.1. The van der Waals surface area contributed by atoms with E-state index in [1.807, 2.05) is 6.07 Å². The number of hydrogen-bond acceptors (Lipinski definition) is 0. The Kier molecular flexibility index (Phi) is 15.2. The third-order valence-electron chi connectivity index (χ3n) is 11.8. The summed E-state index contributed by atoms with van der Waals surface area (Å²) in [5.74, 6) is 1.03. The van der Waals surface area contributed by atoms with Gasteiger partial charge in [0, 0.05) is 0 Å². The maximum absolute atomic E-state index is 4.93. The SMILES string of the molecule is CC(C)c1ccccc1-c1cccc2[cH-]c(-c3ccccc3)cc12.CC(C)c1ccccc1-c1cccc2[cH-]c(-c3ccccc3)cc12.[Cl][Zr][Cl].[c-]1cccc2c1[Si]c1ccccc1-2. The summed E-state index contributed by atoms with van der Waals surface area (Å²) < 4.78 is 0. The summed E-state index contributed by atoms with van der Waals surface area (Å²) in [6, 6.07) is 79.5. The number of rotatable bonds is 6. The van der Waals surface area contributed by atoms with E-state index in [1.165, 1.54) is 98.7 Å². The topological polar surface area (TPSA) is 0 Å². The van der Waals surface area contributed by atoms with Gasteiger partial charge in [0.15, 0.2) is 0 Å². The third-order valence-corrected chi connectivity index (χ3v) is 13.2. The number of halogens is 2. The van der Waals surface area contributed by atoms with Crippen LogP contribution in [0.2, 0.25) is 0 Å². The van der Waals surface area contributed by atoms with E-state index in [9.17, 15) is 0 Å². The summed E-state index contributed by atoms with van der Waals surface area (Å²) in [4.78, 5) is 0. The molecule has 0 nitrogen and oxygen atoms in total. The molecule has 0 aromatic heterocycles. The first-order valence-corrected chi connectivity index (χ1v) is 29.2. The number of benzene rings is 8. The predicted molar refractivity (Wildman–Crippen MR) is 276 cm³/mol. The van der Waals surface area contributed by atoms with Crippen molar-refractivity contribution in [2.24, 2.45) is 0 Å². The van der Waals surface area contributed by atoms with Gasteiger partial charge in [-0.25, -0.2) is 0 Å². The molecule has 0 atom stereocenters. The molecule has 314 valence electrons. The summed E-state index contributed by atoms with van der Waals surface area (Å²) in [6.07, 6.45) is 0. The Hall–Kier alpha value is -5.34. The smallest absolute Gasteiger partial charge is 0.0920 e. The summed E-state index contributed by atoms with van der Waals surface area (Å²) in [5, 5.41) is 8.12. The molecule has 10 aromatic rings. The first-order valence-electron chi connectivity index (χ1n) is 21.9. The fraction of sp³-hybridized carbons (Fsp3) is 0.100. The standard InChI is InChI=1S/2C24H21.C12H7Si.2ClH.Zr/c2*1-17(2)21-12-6-7-13-22(21)23-14-8-11-19-15-20(16-24(19)23)18-9-4-3-5-10-18;1-3-7-11-9(5-1)10-6-2-4-8-12(10)13-11;;;/h2*3-17H,1-2H3;1-7H;2*1H;/q3*-1;;;+2/p-2. The molecule has 1 heterocycles. The summed E-state index contributed by atoms with van der Waals surface area (Å²) >= 11 is -0.826. The molecule has 0 spiro atoms. The van der Waals surface area contributed by atoms with Crippen LogP contribution in [0.4, 0.5) is 0 Å². The van der Waals surface area contributed by atoms with E-state index in [4.69, 9.17) is 17.0 Å². The van der Waals surface area contributed by atoms with Gasteiger partial charge in [-0.2, -0.15) is 29.5 Å². The Balaban J connectivity index is 0.000000132. The molecule has 64 heavy (non-hydrogen) atoms. The second kappa shape index (κ2) is 21.6. The van der Waals surface area contributed by atoms with Gasteiger partial charge in [0.25, 0.3) is 0 Å². The molecule has 10 aromatic carbocycles. The molecule has 1 aliphatic heterocycles. The van der Waals surface area contributed by atoms with Crippen molar-refractivity contribution < 1.29 is 20.8 Å². The molecule has 0 saturated carbocycles.